The van der Waals surface area contributed by atoms with E-state index >= 15 is 0 Å². The number of hydrogen-bond acceptors (Lipinski definition) is 4. The summed E-state index contributed by atoms with van der Waals surface area (Å²) in [6.07, 6.45) is -2.21. The van der Waals surface area contributed by atoms with Gasteiger partial charge in [-0.1, -0.05) is 12.1 Å². The van der Waals surface area contributed by atoms with Crippen molar-refractivity contribution in [2.75, 3.05) is 6.61 Å². The van der Waals surface area contributed by atoms with E-state index in [9.17, 15) is 13.6 Å². The van der Waals surface area contributed by atoms with Gasteiger partial charge in [-0.05, 0) is 25.5 Å². The van der Waals surface area contributed by atoms with Crippen LogP contribution in [0.3, 0.4) is 0 Å². The van der Waals surface area contributed by atoms with Gasteiger partial charge in [-0.25, -0.2) is 13.8 Å². The van der Waals surface area contributed by atoms with Crippen LogP contribution in [0.2, 0.25) is 0 Å². The van der Waals surface area contributed by atoms with Crippen LogP contribution in [0.4, 0.5) is 8.78 Å². The lowest BCUT2D eigenvalue weighted by molar-refractivity contribution is -0.186. The number of carbonyl (C=O) groups excluding carboxylic acids is 1. The van der Waals surface area contributed by atoms with E-state index in [0.717, 1.165) is 0 Å². The molecule has 1 saturated heterocycles. The molecule has 0 spiro atoms. The second-order valence-corrected chi connectivity index (χ2v) is 6.25. The normalized spacial score (nSPS) is 17.6. The summed E-state index contributed by atoms with van der Waals surface area (Å²) < 4.78 is 25.8. The molecule has 0 bridgehead atoms. The molecule has 0 N–H and O–H groups in total. The average molecular weight is 333 g/mol. The van der Waals surface area contributed by atoms with Crippen molar-refractivity contribution in [1.29, 1.82) is 10.5 Å². The van der Waals surface area contributed by atoms with E-state index in [-0.39, 0.29) is 23.5 Å². The fraction of sp³-hybridized carbons (Fsp3) is 0.471. The summed E-state index contributed by atoms with van der Waals surface area (Å²) in [5, 5.41) is 19.1. The number of hydrogen-bond donors (Lipinski definition) is 0. The fourth-order valence-corrected chi connectivity index (χ4v) is 2.61. The highest BCUT2D eigenvalue weighted by Crippen LogP contribution is 2.36. The van der Waals surface area contributed by atoms with Crippen molar-refractivity contribution >= 4 is 5.91 Å². The van der Waals surface area contributed by atoms with Crippen molar-refractivity contribution in [3.63, 3.8) is 0 Å². The van der Waals surface area contributed by atoms with E-state index in [1.54, 1.807) is 19.9 Å². The Bertz CT molecular complexity index is 720. The predicted octanol–water partition coefficient (Wildman–Crippen LogP) is 3.64. The van der Waals surface area contributed by atoms with Gasteiger partial charge in [0.25, 0.3) is 12.3 Å². The molecule has 0 aromatic heterocycles. The van der Waals surface area contributed by atoms with Crippen molar-refractivity contribution in [2.45, 2.75) is 39.2 Å². The van der Waals surface area contributed by atoms with Crippen molar-refractivity contribution in [3.8, 4) is 12.1 Å². The van der Waals surface area contributed by atoms with Crippen LogP contribution in [0.15, 0.2) is 18.2 Å². The van der Waals surface area contributed by atoms with Gasteiger partial charge in [0.05, 0.1) is 35.8 Å². The number of alkyl halides is 2. The molecular weight excluding hydrogens is 316 g/mol. The van der Waals surface area contributed by atoms with Crippen LogP contribution in [0, 0.1) is 28.1 Å². The molecule has 1 aliphatic rings. The van der Waals surface area contributed by atoms with E-state index in [1.807, 2.05) is 6.07 Å². The zero-order chi connectivity index (χ0) is 17.9. The van der Waals surface area contributed by atoms with Gasteiger partial charge in [-0.15, -0.1) is 0 Å². The molecule has 5 nitrogen and oxygen atoms in total. The van der Waals surface area contributed by atoms with Crippen LogP contribution in [0.25, 0.3) is 0 Å². The van der Waals surface area contributed by atoms with E-state index < -0.39 is 17.9 Å². The zero-order valence-electron chi connectivity index (χ0n) is 13.4. The van der Waals surface area contributed by atoms with Crippen molar-refractivity contribution in [2.24, 2.45) is 5.41 Å². The number of carbonyl (C=O) groups is 1. The lowest BCUT2D eigenvalue weighted by atomic mass is 9.88. The molecule has 0 radical (unpaired) electrons. The molecule has 1 aromatic carbocycles. The first-order valence-corrected chi connectivity index (χ1v) is 7.47. The Labute approximate surface area is 139 Å². The molecular formula is C17H17F2N3O2. The Morgan fingerprint density at radius 3 is 2.75 bits per heavy atom. The number of amides is 1. The van der Waals surface area contributed by atoms with Crippen molar-refractivity contribution in [1.82, 2.24) is 5.06 Å². The highest BCUT2D eigenvalue weighted by atomic mass is 19.3. The van der Waals surface area contributed by atoms with E-state index in [0.29, 0.717) is 18.6 Å². The molecule has 1 aliphatic heterocycles. The summed E-state index contributed by atoms with van der Waals surface area (Å²) >= 11 is 0. The van der Waals surface area contributed by atoms with E-state index in [4.69, 9.17) is 15.4 Å². The fourth-order valence-electron chi connectivity index (χ4n) is 2.61. The summed E-state index contributed by atoms with van der Waals surface area (Å²) in [5.41, 5.74) is -0.798. The SMILES string of the molecule is CC(C)(CC#N)C(=O)N1OCC[C@H]1c1ccc(C(F)F)c(C#N)c1. The minimum Gasteiger partial charge on any atom is -0.272 e. The van der Waals surface area contributed by atoms with Gasteiger partial charge in [0.2, 0.25) is 0 Å². The van der Waals surface area contributed by atoms with Crippen LogP contribution in [-0.2, 0) is 9.63 Å². The molecule has 24 heavy (non-hydrogen) atoms. The molecule has 1 aromatic rings. The summed E-state index contributed by atoms with van der Waals surface area (Å²) in [6.45, 7) is 3.60. The molecule has 1 fully saturated rings. The molecule has 7 heteroatoms. The van der Waals surface area contributed by atoms with Gasteiger partial charge in [-0.2, -0.15) is 10.5 Å². The van der Waals surface area contributed by atoms with Gasteiger partial charge < -0.3 is 0 Å². The van der Waals surface area contributed by atoms with Gasteiger partial charge in [0.1, 0.15) is 0 Å². The van der Waals surface area contributed by atoms with E-state index in [2.05, 4.69) is 0 Å². The lowest BCUT2D eigenvalue weighted by Crippen LogP contribution is -2.39. The van der Waals surface area contributed by atoms with Crippen LogP contribution in [-0.4, -0.2) is 17.6 Å². The Balaban J connectivity index is 2.33. The molecule has 1 heterocycles. The smallest absolute Gasteiger partial charge is 0.265 e. The van der Waals surface area contributed by atoms with Gasteiger partial charge >= 0.3 is 0 Å². The van der Waals surface area contributed by atoms with Crippen molar-refractivity contribution in [3.05, 3.63) is 34.9 Å². The van der Waals surface area contributed by atoms with Gasteiger partial charge in [0, 0.05) is 18.4 Å². The number of halogens is 2. The maximum Gasteiger partial charge on any atom is 0.265 e. The standard InChI is InChI=1S/C17H17F2N3O2/c1-17(2,6-7-20)16(23)22-14(5-8-24-22)11-3-4-13(15(18)19)12(9-11)10-21/h3-4,9,14-15H,5-6,8H2,1-2H3/t14-/m0/s1. The first-order chi connectivity index (χ1) is 11.3. The minimum absolute atomic E-state index is 0.0339. The Morgan fingerprint density at radius 2 is 2.17 bits per heavy atom. The number of hydroxylamine groups is 2. The second-order valence-electron chi connectivity index (χ2n) is 6.25. The highest BCUT2D eigenvalue weighted by molar-refractivity contribution is 5.82. The molecule has 0 saturated carbocycles. The van der Waals surface area contributed by atoms with Crippen LogP contribution in [0.1, 0.15) is 55.8 Å². The third-order valence-corrected chi connectivity index (χ3v) is 4.02. The Hall–Kier alpha value is -2.51. The first-order valence-electron chi connectivity index (χ1n) is 7.47. The first kappa shape index (κ1) is 17.8. The number of nitriles is 2. The maximum atomic E-state index is 12.9. The quantitative estimate of drug-likeness (QED) is 0.843. The molecule has 2 rings (SSSR count). The van der Waals surface area contributed by atoms with Crippen LogP contribution in [0.5, 0.6) is 0 Å². The van der Waals surface area contributed by atoms with Crippen LogP contribution >= 0.6 is 0 Å². The zero-order valence-corrected chi connectivity index (χ0v) is 13.4. The summed E-state index contributed by atoms with van der Waals surface area (Å²) in [7, 11) is 0. The lowest BCUT2D eigenvalue weighted by Gasteiger charge is -2.30. The third kappa shape index (κ3) is 3.37. The monoisotopic (exact) mass is 333 g/mol. The molecule has 1 atom stereocenters. The Kier molecular flexibility index (Phi) is 5.16. The number of nitrogens with zero attached hydrogens (tertiary/aromatic N) is 3. The number of rotatable bonds is 4. The molecule has 0 aliphatic carbocycles. The highest BCUT2D eigenvalue weighted by Gasteiger charge is 2.40. The van der Waals surface area contributed by atoms with Gasteiger partial charge in [-0.3, -0.25) is 9.63 Å². The summed E-state index contributed by atoms with van der Waals surface area (Å²) in [6, 6.07) is 7.35. The number of benzene rings is 1. The summed E-state index contributed by atoms with van der Waals surface area (Å²) in [4.78, 5) is 18.0. The molecule has 126 valence electrons. The Morgan fingerprint density at radius 1 is 1.46 bits per heavy atom. The molecule has 1 amide bonds. The van der Waals surface area contributed by atoms with E-state index in [1.165, 1.54) is 23.3 Å². The van der Waals surface area contributed by atoms with Gasteiger partial charge in [0.15, 0.2) is 0 Å². The predicted molar refractivity (Wildman–Crippen MR) is 80.3 cm³/mol. The maximum absolute atomic E-state index is 12.9. The topological polar surface area (TPSA) is 77.1 Å². The second kappa shape index (κ2) is 6.94. The summed E-state index contributed by atoms with van der Waals surface area (Å²) in [5.74, 6) is -0.344. The minimum atomic E-state index is -2.74. The van der Waals surface area contributed by atoms with Crippen molar-refractivity contribution < 1.29 is 18.4 Å². The largest absolute Gasteiger partial charge is 0.272 e. The molecule has 0 unspecified atom stereocenters. The third-order valence-electron chi connectivity index (χ3n) is 4.02. The average Bonchev–Trinajstić information content (AvgIpc) is 3.02. The van der Waals surface area contributed by atoms with Crippen LogP contribution < -0.4 is 0 Å².